The van der Waals surface area contributed by atoms with Crippen LogP contribution in [0.5, 0.6) is 0 Å². The minimum absolute atomic E-state index is 0.0301. The number of rotatable bonds is 31. The summed E-state index contributed by atoms with van der Waals surface area (Å²) in [6, 6.07) is 0. The van der Waals surface area contributed by atoms with Crippen LogP contribution in [0.3, 0.4) is 0 Å². The van der Waals surface area contributed by atoms with Gasteiger partial charge in [0.15, 0.2) is 0 Å². The molecule has 22 nitrogen and oxygen atoms in total. The summed E-state index contributed by atoms with van der Waals surface area (Å²) in [6.45, 7) is 15.3. The first kappa shape index (κ1) is 66.1. The summed E-state index contributed by atoms with van der Waals surface area (Å²) in [5.41, 5.74) is 0. The number of unbranched alkanes of at least 4 members (excludes halogenated alkanes) is 9. The van der Waals surface area contributed by atoms with Crippen molar-refractivity contribution in [3.05, 3.63) is 0 Å². The third-order valence-electron chi connectivity index (χ3n) is 8.55. The number of quaternary nitrogens is 2. The molecule has 0 unspecified atom stereocenters. The molecule has 0 fully saturated rings. The van der Waals surface area contributed by atoms with Crippen molar-refractivity contribution in [2.75, 3.05) is 107 Å². The van der Waals surface area contributed by atoms with E-state index in [1.165, 1.54) is 86.5 Å². The molecular weight excluding hydrogens is 881 g/mol. The Morgan fingerprint density at radius 1 is 0.397 bits per heavy atom. The number of carbonyl (C=O) groups excluding carboxylic acids is 6. The van der Waals surface area contributed by atoms with Crippen LogP contribution in [0.2, 0.25) is 0 Å². The van der Waals surface area contributed by atoms with Crippen LogP contribution in [-0.4, -0.2) is 177 Å². The third-order valence-corrected chi connectivity index (χ3v) is 9.41. The Morgan fingerprint density at radius 3 is 0.778 bits per heavy atom. The molecule has 0 aliphatic heterocycles. The van der Waals surface area contributed by atoms with Gasteiger partial charge in [-0.2, -0.15) is 0 Å². The Bertz CT molecular complexity index is 1310. The van der Waals surface area contributed by atoms with Crippen molar-refractivity contribution in [2.45, 2.75) is 113 Å². The van der Waals surface area contributed by atoms with E-state index in [4.69, 9.17) is 28.4 Å². The molecule has 0 radical (unpaired) electrons. The monoisotopic (exact) mass is 956 g/mol. The van der Waals surface area contributed by atoms with Crippen LogP contribution in [0, 0.1) is 0 Å². The summed E-state index contributed by atoms with van der Waals surface area (Å²) >= 11 is 0. The van der Waals surface area contributed by atoms with Crippen LogP contribution >= 0.6 is 0 Å². The fraction of sp³-hybridized carbons (Fsp3) is 0.846. The minimum Gasteiger partial charge on any atom is -0.726 e. The Labute approximate surface area is 375 Å². The van der Waals surface area contributed by atoms with E-state index in [1.807, 2.05) is 14.1 Å². The highest BCUT2D eigenvalue weighted by atomic mass is 32.3. The van der Waals surface area contributed by atoms with E-state index in [0.717, 1.165) is 20.0 Å². The first-order valence-electron chi connectivity index (χ1n) is 20.7. The standard InChI is InChI=1S/2C13H24NO6.C12H26O4S.CH4O4S/c2*1-11(15)18-8-5-14(4,6-9-19-12(2)16)7-10-20-13(3)17;1-2-3-4-5-6-7-8-9-10-11-12-16-17(13,14)15;1-5-6(2,3)4/h2*5-10H2,1-4H3;2-12H2,1H3,(H,13,14,15);1H3,(H,2,3,4)/q2*+1;;/p-2. The molecule has 0 aromatic carbocycles. The van der Waals surface area contributed by atoms with E-state index in [9.17, 15) is 54.7 Å². The number of ether oxygens (including phenoxy) is 6. The number of likely N-dealkylation sites (N-methyl/N-ethyl adjacent to an activating group) is 2. The van der Waals surface area contributed by atoms with Crippen molar-refractivity contribution >= 4 is 56.6 Å². The Balaban J connectivity index is -0.000000389. The van der Waals surface area contributed by atoms with Crippen LogP contribution in [0.4, 0.5) is 0 Å². The lowest BCUT2D eigenvalue weighted by Crippen LogP contribution is -2.50. The van der Waals surface area contributed by atoms with Crippen LogP contribution in [0.25, 0.3) is 0 Å². The first-order valence-corrected chi connectivity index (χ1v) is 23.4. The highest BCUT2D eigenvalue weighted by Crippen LogP contribution is 2.11. The van der Waals surface area contributed by atoms with E-state index in [0.29, 0.717) is 54.7 Å². The summed E-state index contributed by atoms with van der Waals surface area (Å²) in [6.07, 6.45) is 11.7. The Hall–Kier alpha value is -3.52. The SMILES string of the molecule is CC(=O)OCC[N+](C)(CCOC(C)=O)CCOC(C)=O.CC(=O)OCC[N+](C)(CCOC(C)=O)CCOC(C)=O.CCCCCCCCCCCCOS(=O)(=O)[O-].COS(=O)(=O)[O-]. The predicted molar refractivity (Wildman–Crippen MR) is 226 cm³/mol. The molecule has 63 heavy (non-hydrogen) atoms. The lowest BCUT2D eigenvalue weighted by molar-refractivity contribution is -0.910. The zero-order valence-electron chi connectivity index (χ0n) is 39.1. The van der Waals surface area contributed by atoms with Crippen molar-refractivity contribution in [3.8, 4) is 0 Å². The number of hydrogen-bond acceptors (Lipinski definition) is 20. The van der Waals surface area contributed by atoms with Crippen LogP contribution < -0.4 is 0 Å². The van der Waals surface area contributed by atoms with Gasteiger partial charge in [0.1, 0.15) is 78.9 Å². The normalized spacial score (nSPS) is 11.2. The van der Waals surface area contributed by atoms with Gasteiger partial charge in [-0.25, -0.2) is 16.8 Å². The topological polar surface area (TPSA) is 291 Å². The molecule has 0 spiro atoms. The maximum Gasteiger partial charge on any atom is 0.302 e. The summed E-state index contributed by atoms with van der Waals surface area (Å²) in [4.78, 5) is 64.6. The van der Waals surface area contributed by atoms with Gasteiger partial charge in [-0.05, 0) is 6.42 Å². The number of nitrogens with zero attached hydrogens (tertiary/aromatic N) is 2. The van der Waals surface area contributed by atoms with Crippen molar-refractivity contribution in [3.63, 3.8) is 0 Å². The molecule has 0 N–H and O–H groups in total. The summed E-state index contributed by atoms with van der Waals surface area (Å²) in [5, 5.41) is 0. The Morgan fingerprint density at radius 2 is 0.603 bits per heavy atom. The van der Waals surface area contributed by atoms with Gasteiger partial charge < -0.3 is 46.5 Å². The molecule has 0 rings (SSSR count). The van der Waals surface area contributed by atoms with Gasteiger partial charge in [-0.15, -0.1) is 0 Å². The van der Waals surface area contributed by atoms with Crippen LogP contribution in [0.15, 0.2) is 0 Å². The van der Waals surface area contributed by atoms with Crippen molar-refractivity contribution < 1.29 is 100 Å². The van der Waals surface area contributed by atoms with Gasteiger partial charge >= 0.3 is 35.8 Å². The zero-order chi connectivity index (χ0) is 49.4. The van der Waals surface area contributed by atoms with Crippen LogP contribution in [0.1, 0.15) is 113 Å². The fourth-order valence-corrected chi connectivity index (χ4v) is 5.20. The fourth-order valence-electron chi connectivity index (χ4n) is 4.88. The molecule has 0 saturated carbocycles. The molecule has 0 saturated heterocycles. The van der Waals surface area contributed by atoms with Gasteiger partial charge in [0.05, 0.1) is 27.8 Å². The maximum absolute atomic E-state index is 10.8. The number of hydrogen-bond donors (Lipinski definition) is 0. The molecular formula is C39H76N2O20S2. The zero-order valence-corrected chi connectivity index (χ0v) is 40.8. The number of esters is 6. The quantitative estimate of drug-likeness (QED) is 0.0241. The second-order valence-corrected chi connectivity index (χ2v) is 16.8. The molecule has 0 bridgehead atoms. The van der Waals surface area contributed by atoms with E-state index in [2.05, 4.69) is 15.3 Å². The van der Waals surface area contributed by atoms with Crippen molar-refractivity contribution in [1.29, 1.82) is 0 Å². The smallest absolute Gasteiger partial charge is 0.302 e. The maximum atomic E-state index is 10.8. The molecule has 0 aromatic heterocycles. The Kier molecular flexibility index (Phi) is 42.0. The van der Waals surface area contributed by atoms with Gasteiger partial charge in [-0.1, -0.05) is 64.7 Å². The molecule has 0 aliphatic rings. The van der Waals surface area contributed by atoms with E-state index in [1.54, 1.807) is 0 Å². The highest BCUT2D eigenvalue weighted by Gasteiger charge is 2.24. The molecule has 0 amide bonds. The predicted octanol–water partition coefficient (Wildman–Crippen LogP) is 2.72. The van der Waals surface area contributed by atoms with E-state index in [-0.39, 0.29) is 82.1 Å². The van der Waals surface area contributed by atoms with E-state index < -0.39 is 20.8 Å². The summed E-state index contributed by atoms with van der Waals surface area (Å²) < 4.78 is 96.0. The largest absolute Gasteiger partial charge is 0.726 e. The van der Waals surface area contributed by atoms with Crippen molar-refractivity contribution in [2.24, 2.45) is 0 Å². The number of carbonyl (C=O) groups is 6. The first-order chi connectivity index (χ1) is 29.1. The molecule has 24 heteroatoms. The lowest BCUT2D eigenvalue weighted by atomic mass is 10.1. The summed E-state index contributed by atoms with van der Waals surface area (Å²) in [7, 11) is -4.23. The van der Waals surface area contributed by atoms with E-state index >= 15 is 0 Å². The molecule has 0 heterocycles. The third kappa shape index (κ3) is 60.6. The summed E-state index contributed by atoms with van der Waals surface area (Å²) in [5.74, 6) is -2.02. The average Bonchev–Trinajstić information content (AvgIpc) is 3.13. The average molecular weight is 957 g/mol. The van der Waals surface area contributed by atoms with Gasteiger partial charge in [0, 0.05) is 41.5 Å². The van der Waals surface area contributed by atoms with Gasteiger partial charge in [0.2, 0.25) is 20.8 Å². The van der Waals surface area contributed by atoms with Crippen molar-refractivity contribution in [1.82, 2.24) is 0 Å². The molecule has 0 atom stereocenters. The highest BCUT2D eigenvalue weighted by molar-refractivity contribution is 7.81. The molecule has 0 aliphatic carbocycles. The van der Waals surface area contributed by atoms with Gasteiger partial charge in [-0.3, -0.25) is 37.1 Å². The molecule has 374 valence electrons. The lowest BCUT2D eigenvalue weighted by Gasteiger charge is -2.33. The van der Waals surface area contributed by atoms with Gasteiger partial charge in [0.25, 0.3) is 0 Å². The molecule has 0 aromatic rings. The minimum atomic E-state index is -4.48. The second kappa shape index (κ2) is 40.0. The second-order valence-electron chi connectivity index (χ2n) is 14.6. The van der Waals surface area contributed by atoms with Crippen LogP contribution in [-0.2, 0) is 86.4 Å².